The summed E-state index contributed by atoms with van der Waals surface area (Å²) in [4.78, 5) is 0. The first kappa shape index (κ1) is 8.74. The fourth-order valence-corrected chi connectivity index (χ4v) is 1.39. The van der Waals surface area contributed by atoms with Gasteiger partial charge < -0.3 is 4.74 Å². The minimum atomic E-state index is -1.24. The van der Waals surface area contributed by atoms with Gasteiger partial charge in [0.15, 0.2) is 0 Å². The molecule has 1 aliphatic heterocycles. The summed E-state index contributed by atoms with van der Waals surface area (Å²) in [6.45, 7) is 1.99. The Morgan fingerprint density at radius 2 is 1.79 bits per heavy atom. The smallest absolute Gasteiger partial charge is 0.272 e. The number of benzene rings is 1. The van der Waals surface area contributed by atoms with Crippen LogP contribution >= 0.6 is 0 Å². The van der Waals surface area contributed by atoms with Crippen molar-refractivity contribution in [2.45, 2.75) is 18.6 Å². The number of hydrogen-bond acceptors (Lipinski definition) is 3. The molecule has 1 heterocycles. The molecule has 0 spiro atoms. The van der Waals surface area contributed by atoms with Crippen molar-refractivity contribution in [3.05, 3.63) is 35.4 Å². The number of nitriles is 2. The van der Waals surface area contributed by atoms with Gasteiger partial charge in [-0.2, -0.15) is 10.5 Å². The Balaban J connectivity index is 2.26. The first-order valence-corrected chi connectivity index (χ1v) is 4.29. The van der Waals surface area contributed by atoms with E-state index in [1.165, 1.54) is 0 Å². The molecule has 1 aromatic carbocycles. The van der Waals surface area contributed by atoms with Crippen molar-refractivity contribution in [2.75, 3.05) is 0 Å². The van der Waals surface area contributed by atoms with Crippen LogP contribution in [0.15, 0.2) is 24.3 Å². The minimum Gasteiger partial charge on any atom is -0.332 e. The van der Waals surface area contributed by atoms with Gasteiger partial charge in [0.25, 0.3) is 5.60 Å². The van der Waals surface area contributed by atoms with E-state index in [1.54, 1.807) is 0 Å². The van der Waals surface area contributed by atoms with Crippen LogP contribution in [0.4, 0.5) is 0 Å². The lowest BCUT2D eigenvalue weighted by Gasteiger charge is -1.96. The van der Waals surface area contributed by atoms with Crippen molar-refractivity contribution >= 4 is 0 Å². The average molecular weight is 184 g/mol. The fourth-order valence-electron chi connectivity index (χ4n) is 1.39. The summed E-state index contributed by atoms with van der Waals surface area (Å²) in [7, 11) is 0. The zero-order chi connectivity index (χ0) is 10.2. The van der Waals surface area contributed by atoms with E-state index in [0.29, 0.717) is 0 Å². The summed E-state index contributed by atoms with van der Waals surface area (Å²) in [6.07, 6.45) is -0.377. The largest absolute Gasteiger partial charge is 0.332 e. The summed E-state index contributed by atoms with van der Waals surface area (Å²) in [5, 5.41) is 17.5. The second-order valence-electron chi connectivity index (χ2n) is 3.37. The third-order valence-electron chi connectivity index (χ3n) is 2.33. The molecule has 1 saturated heterocycles. The van der Waals surface area contributed by atoms with Crippen LogP contribution in [0.25, 0.3) is 0 Å². The number of epoxide rings is 1. The van der Waals surface area contributed by atoms with Crippen LogP contribution in [0.5, 0.6) is 0 Å². The molecule has 0 bridgehead atoms. The molecule has 0 unspecified atom stereocenters. The van der Waals surface area contributed by atoms with E-state index >= 15 is 0 Å². The second kappa shape index (κ2) is 2.83. The standard InChI is InChI=1S/C11H8N2O/c1-8-2-4-9(5-3-8)10-11(6-12,7-13)14-10/h2-5,10H,1H3/t10-/m1/s1. The summed E-state index contributed by atoms with van der Waals surface area (Å²) in [6, 6.07) is 11.4. The average Bonchev–Trinajstić information content (AvgIpc) is 2.94. The van der Waals surface area contributed by atoms with Crippen molar-refractivity contribution in [3.63, 3.8) is 0 Å². The van der Waals surface area contributed by atoms with E-state index in [-0.39, 0.29) is 6.10 Å². The topological polar surface area (TPSA) is 60.1 Å². The molecule has 3 heteroatoms. The third-order valence-corrected chi connectivity index (χ3v) is 2.33. The maximum atomic E-state index is 8.75. The fraction of sp³-hybridized carbons (Fsp3) is 0.273. The highest BCUT2D eigenvalue weighted by Crippen LogP contribution is 2.48. The lowest BCUT2D eigenvalue weighted by molar-refractivity contribution is 0.369. The van der Waals surface area contributed by atoms with Gasteiger partial charge in [0, 0.05) is 0 Å². The van der Waals surface area contributed by atoms with Gasteiger partial charge in [-0.15, -0.1) is 0 Å². The molecular weight excluding hydrogens is 176 g/mol. The van der Waals surface area contributed by atoms with E-state index in [9.17, 15) is 0 Å². The quantitative estimate of drug-likeness (QED) is 0.626. The van der Waals surface area contributed by atoms with E-state index in [1.807, 2.05) is 43.3 Å². The maximum Gasteiger partial charge on any atom is 0.272 e. The molecule has 0 N–H and O–H groups in total. The summed E-state index contributed by atoms with van der Waals surface area (Å²) in [5.74, 6) is 0. The van der Waals surface area contributed by atoms with Gasteiger partial charge in [-0.05, 0) is 12.5 Å². The highest BCUT2D eigenvalue weighted by molar-refractivity contribution is 5.39. The molecule has 1 aliphatic rings. The minimum absolute atomic E-state index is 0.377. The van der Waals surface area contributed by atoms with Gasteiger partial charge in [0.2, 0.25) is 0 Å². The van der Waals surface area contributed by atoms with Crippen LogP contribution < -0.4 is 0 Å². The predicted molar refractivity (Wildman–Crippen MR) is 49.0 cm³/mol. The Hall–Kier alpha value is -1.84. The van der Waals surface area contributed by atoms with Gasteiger partial charge in [-0.1, -0.05) is 29.8 Å². The Morgan fingerprint density at radius 3 is 2.21 bits per heavy atom. The van der Waals surface area contributed by atoms with Gasteiger partial charge in [0.1, 0.15) is 18.2 Å². The van der Waals surface area contributed by atoms with Crippen molar-refractivity contribution < 1.29 is 4.74 Å². The first-order valence-electron chi connectivity index (χ1n) is 4.29. The molecule has 68 valence electrons. The van der Waals surface area contributed by atoms with Crippen LogP contribution in [-0.2, 0) is 4.74 Å². The van der Waals surface area contributed by atoms with E-state index in [4.69, 9.17) is 15.3 Å². The summed E-state index contributed by atoms with van der Waals surface area (Å²) >= 11 is 0. The highest BCUT2D eigenvalue weighted by Gasteiger charge is 2.59. The van der Waals surface area contributed by atoms with Crippen LogP contribution in [0, 0.1) is 29.6 Å². The van der Waals surface area contributed by atoms with Crippen LogP contribution in [0.2, 0.25) is 0 Å². The van der Waals surface area contributed by atoms with E-state index < -0.39 is 5.60 Å². The van der Waals surface area contributed by atoms with Crippen molar-refractivity contribution in [3.8, 4) is 12.1 Å². The predicted octanol–water partition coefficient (Wildman–Crippen LogP) is 1.85. The molecule has 3 nitrogen and oxygen atoms in total. The van der Waals surface area contributed by atoms with Crippen molar-refractivity contribution in [2.24, 2.45) is 0 Å². The normalized spacial score (nSPS) is 22.1. The van der Waals surface area contributed by atoms with Crippen molar-refractivity contribution in [1.82, 2.24) is 0 Å². The molecule has 0 radical (unpaired) electrons. The third kappa shape index (κ3) is 1.16. The van der Waals surface area contributed by atoms with Gasteiger partial charge in [-0.3, -0.25) is 0 Å². The van der Waals surface area contributed by atoms with Crippen LogP contribution in [-0.4, -0.2) is 5.60 Å². The molecule has 0 saturated carbocycles. The number of ether oxygens (including phenoxy) is 1. The van der Waals surface area contributed by atoms with Crippen molar-refractivity contribution in [1.29, 1.82) is 10.5 Å². The molecule has 1 aromatic rings. The molecule has 0 amide bonds. The summed E-state index contributed by atoms with van der Waals surface area (Å²) in [5.41, 5.74) is 0.794. The van der Waals surface area contributed by atoms with E-state index in [0.717, 1.165) is 11.1 Å². The lowest BCUT2D eigenvalue weighted by atomic mass is 10.0. The van der Waals surface area contributed by atoms with E-state index in [2.05, 4.69) is 0 Å². The Labute approximate surface area is 82.1 Å². The molecule has 1 fully saturated rings. The molecular formula is C11H8N2O. The Morgan fingerprint density at radius 1 is 1.21 bits per heavy atom. The van der Waals surface area contributed by atoms with Crippen LogP contribution in [0.3, 0.4) is 0 Å². The van der Waals surface area contributed by atoms with Crippen LogP contribution in [0.1, 0.15) is 17.2 Å². The van der Waals surface area contributed by atoms with Gasteiger partial charge in [0.05, 0.1) is 0 Å². The Kier molecular flexibility index (Phi) is 1.77. The highest BCUT2D eigenvalue weighted by atomic mass is 16.6. The molecule has 1 atom stereocenters. The SMILES string of the molecule is Cc1ccc([C@H]2OC2(C#N)C#N)cc1. The molecule has 0 aromatic heterocycles. The Bertz CT molecular complexity index is 422. The molecule has 2 rings (SSSR count). The summed E-state index contributed by atoms with van der Waals surface area (Å²) < 4.78 is 5.11. The molecule has 14 heavy (non-hydrogen) atoms. The zero-order valence-corrected chi connectivity index (χ0v) is 7.69. The maximum absolute atomic E-state index is 8.75. The lowest BCUT2D eigenvalue weighted by Crippen LogP contribution is -2.04. The number of nitrogens with zero attached hydrogens (tertiary/aromatic N) is 2. The number of hydrogen-bond donors (Lipinski definition) is 0. The van der Waals surface area contributed by atoms with Gasteiger partial charge >= 0.3 is 0 Å². The second-order valence-corrected chi connectivity index (χ2v) is 3.37. The van der Waals surface area contributed by atoms with Gasteiger partial charge in [-0.25, -0.2) is 0 Å². The number of aryl methyl sites for hydroxylation is 1. The zero-order valence-electron chi connectivity index (χ0n) is 7.69. The molecule has 0 aliphatic carbocycles. The monoisotopic (exact) mass is 184 g/mol. The first-order chi connectivity index (χ1) is 6.72. The number of rotatable bonds is 1.